The number of nitrogens with one attached hydrogen (secondary N) is 1. The second kappa shape index (κ2) is 6.00. The predicted molar refractivity (Wildman–Crippen MR) is 80.5 cm³/mol. The molecule has 0 aliphatic heterocycles. The van der Waals surface area contributed by atoms with E-state index in [1.165, 1.54) is 6.07 Å². The van der Waals surface area contributed by atoms with Gasteiger partial charge in [0.05, 0.1) is 5.56 Å². The standard InChI is InChI=1S/C14H9FINO3/c15-12-7-10(4-5-11(12)14(19)20)17-13(18)8-2-1-3-9(16)6-8/h1-7H,(H,17,18)(H,19,20). The average molecular weight is 385 g/mol. The molecular formula is C14H9FINO3. The maximum atomic E-state index is 13.5. The van der Waals surface area contributed by atoms with Crippen LogP contribution < -0.4 is 5.32 Å². The van der Waals surface area contributed by atoms with Crippen LogP contribution in [-0.4, -0.2) is 17.0 Å². The molecule has 0 aliphatic rings. The van der Waals surface area contributed by atoms with Crippen molar-refractivity contribution in [1.82, 2.24) is 0 Å². The van der Waals surface area contributed by atoms with Crippen molar-refractivity contribution in [3.8, 4) is 0 Å². The van der Waals surface area contributed by atoms with E-state index in [1.54, 1.807) is 18.2 Å². The maximum absolute atomic E-state index is 13.5. The Morgan fingerprint density at radius 2 is 1.90 bits per heavy atom. The lowest BCUT2D eigenvalue weighted by atomic mass is 10.1. The molecule has 0 unspecified atom stereocenters. The molecule has 0 saturated carbocycles. The molecule has 102 valence electrons. The first-order valence-corrected chi connectivity index (χ1v) is 6.65. The van der Waals surface area contributed by atoms with Crippen molar-refractivity contribution >= 4 is 40.2 Å². The molecule has 2 N–H and O–H groups in total. The summed E-state index contributed by atoms with van der Waals surface area (Å²) >= 11 is 2.08. The van der Waals surface area contributed by atoms with Crippen LogP contribution in [0.2, 0.25) is 0 Å². The molecule has 0 spiro atoms. The van der Waals surface area contributed by atoms with Crippen LogP contribution in [0, 0.1) is 9.39 Å². The molecule has 4 nitrogen and oxygen atoms in total. The molecular weight excluding hydrogens is 376 g/mol. The van der Waals surface area contributed by atoms with E-state index in [9.17, 15) is 14.0 Å². The van der Waals surface area contributed by atoms with Gasteiger partial charge in [-0.2, -0.15) is 0 Å². The summed E-state index contributed by atoms with van der Waals surface area (Å²) < 4.78 is 14.4. The molecule has 6 heteroatoms. The van der Waals surface area contributed by atoms with Gasteiger partial charge in [-0.15, -0.1) is 0 Å². The van der Waals surface area contributed by atoms with Gasteiger partial charge in [-0.3, -0.25) is 4.79 Å². The van der Waals surface area contributed by atoms with Gasteiger partial charge in [-0.25, -0.2) is 9.18 Å². The Kier molecular flexibility index (Phi) is 4.33. The minimum atomic E-state index is -1.35. The summed E-state index contributed by atoms with van der Waals surface area (Å²) in [6.07, 6.45) is 0. The Bertz CT molecular complexity index is 688. The highest BCUT2D eigenvalue weighted by Crippen LogP contribution is 2.16. The fourth-order valence-corrected chi connectivity index (χ4v) is 2.14. The quantitative estimate of drug-likeness (QED) is 0.797. The summed E-state index contributed by atoms with van der Waals surface area (Å²) in [5, 5.41) is 11.2. The van der Waals surface area contributed by atoms with Gasteiger partial charge in [0, 0.05) is 14.8 Å². The normalized spacial score (nSPS) is 10.1. The van der Waals surface area contributed by atoms with Crippen LogP contribution in [0.15, 0.2) is 42.5 Å². The Hall–Kier alpha value is -1.96. The van der Waals surface area contributed by atoms with E-state index in [4.69, 9.17) is 5.11 Å². The topological polar surface area (TPSA) is 66.4 Å². The highest BCUT2D eigenvalue weighted by atomic mass is 127. The lowest BCUT2D eigenvalue weighted by molar-refractivity contribution is 0.0692. The number of halogens is 2. The number of carboxylic acids is 1. The number of anilines is 1. The maximum Gasteiger partial charge on any atom is 0.338 e. The highest BCUT2D eigenvalue weighted by Gasteiger charge is 2.12. The second-order valence-electron chi connectivity index (χ2n) is 3.96. The van der Waals surface area contributed by atoms with Crippen LogP contribution in [-0.2, 0) is 0 Å². The zero-order chi connectivity index (χ0) is 14.7. The number of carbonyl (C=O) groups excluding carboxylic acids is 1. The fourth-order valence-electron chi connectivity index (χ4n) is 1.60. The van der Waals surface area contributed by atoms with Crippen LogP contribution in [0.5, 0.6) is 0 Å². The molecule has 2 aromatic rings. The number of amides is 1. The lowest BCUT2D eigenvalue weighted by Gasteiger charge is -2.06. The van der Waals surface area contributed by atoms with E-state index in [2.05, 4.69) is 27.9 Å². The summed E-state index contributed by atoms with van der Waals surface area (Å²) in [7, 11) is 0. The first kappa shape index (κ1) is 14.4. The van der Waals surface area contributed by atoms with E-state index in [1.807, 2.05) is 6.07 Å². The van der Waals surface area contributed by atoms with Gasteiger partial charge in [0.15, 0.2) is 0 Å². The zero-order valence-electron chi connectivity index (χ0n) is 10.1. The van der Waals surface area contributed by atoms with Crippen molar-refractivity contribution in [3.05, 3.63) is 63.0 Å². The first-order chi connectivity index (χ1) is 9.47. The molecule has 0 heterocycles. The number of carbonyl (C=O) groups is 2. The molecule has 2 aromatic carbocycles. The van der Waals surface area contributed by atoms with Gasteiger partial charge in [0.25, 0.3) is 5.91 Å². The summed E-state index contributed by atoms with van der Waals surface area (Å²) in [6, 6.07) is 10.4. The molecule has 2 rings (SSSR count). The summed E-state index contributed by atoms with van der Waals surface area (Å²) in [6.45, 7) is 0. The van der Waals surface area contributed by atoms with Gasteiger partial charge in [0.1, 0.15) is 5.82 Å². The summed E-state index contributed by atoms with van der Waals surface area (Å²) in [5.41, 5.74) is 0.216. The van der Waals surface area contributed by atoms with Crippen molar-refractivity contribution in [2.45, 2.75) is 0 Å². The van der Waals surface area contributed by atoms with Crippen molar-refractivity contribution in [3.63, 3.8) is 0 Å². The Balaban J connectivity index is 2.20. The molecule has 0 saturated heterocycles. The summed E-state index contributed by atoms with van der Waals surface area (Å²) in [4.78, 5) is 22.6. The summed E-state index contributed by atoms with van der Waals surface area (Å²) in [5.74, 6) is -2.62. The van der Waals surface area contributed by atoms with Crippen LogP contribution in [0.4, 0.5) is 10.1 Å². The molecule has 0 fully saturated rings. The SMILES string of the molecule is O=C(Nc1ccc(C(=O)O)c(F)c1)c1cccc(I)c1. The molecule has 1 amide bonds. The van der Waals surface area contributed by atoms with Gasteiger partial charge in [-0.05, 0) is 59.0 Å². The van der Waals surface area contributed by atoms with Gasteiger partial charge in [0.2, 0.25) is 0 Å². The minimum absolute atomic E-state index is 0.205. The third-order valence-electron chi connectivity index (χ3n) is 2.54. The van der Waals surface area contributed by atoms with E-state index in [0.717, 1.165) is 15.7 Å². The monoisotopic (exact) mass is 385 g/mol. The number of rotatable bonds is 3. The third-order valence-corrected chi connectivity index (χ3v) is 3.22. The van der Waals surface area contributed by atoms with Gasteiger partial charge in [-0.1, -0.05) is 6.07 Å². The molecule has 0 aliphatic carbocycles. The predicted octanol–water partition coefficient (Wildman–Crippen LogP) is 3.38. The van der Waals surface area contributed by atoms with Gasteiger partial charge < -0.3 is 10.4 Å². The number of hydrogen-bond acceptors (Lipinski definition) is 2. The number of aromatic carboxylic acids is 1. The van der Waals surface area contributed by atoms with Crippen molar-refractivity contribution in [2.24, 2.45) is 0 Å². The largest absolute Gasteiger partial charge is 0.478 e. The van der Waals surface area contributed by atoms with Crippen LogP contribution in [0.25, 0.3) is 0 Å². The first-order valence-electron chi connectivity index (χ1n) is 5.57. The van der Waals surface area contributed by atoms with Crippen molar-refractivity contribution < 1.29 is 19.1 Å². The fraction of sp³-hybridized carbons (Fsp3) is 0. The minimum Gasteiger partial charge on any atom is -0.478 e. The number of carboxylic acid groups (broad SMARTS) is 1. The Morgan fingerprint density at radius 3 is 2.50 bits per heavy atom. The number of benzene rings is 2. The molecule has 0 bridgehead atoms. The van der Waals surface area contributed by atoms with E-state index >= 15 is 0 Å². The molecule has 0 aromatic heterocycles. The van der Waals surface area contributed by atoms with Crippen molar-refractivity contribution in [2.75, 3.05) is 5.32 Å². The van der Waals surface area contributed by atoms with Crippen LogP contribution in [0.1, 0.15) is 20.7 Å². The van der Waals surface area contributed by atoms with Gasteiger partial charge >= 0.3 is 5.97 Å². The Morgan fingerprint density at radius 1 is 1.15 bits per heavy atom. The molecule has 0 atom stereocenters. The molecule has 0 radical (unpaired) electrons. The smallest absolute Gasteiger partial charge is 0.338 e. The average Bonchev–Trinajstić information content (AvgIpc) is 2.38. The molecule has 20 heavy (non-hydrogen) atoms. The van der Waals surface area contributed by atoms with E-state index < -0.39 is 17.3 Å². The van der Waals surface area contributed by atoms with E-state index in [0.29, 0.717) is 5.56 Å². The van der Waals surface area contributed by atoms with Crippen molar-refractivity contribution in [1.29, 1.82) is 0 Å². The van der Waals surface area contributed by atoms with E-state index in [-0.39, 0.29) is 11.6 Å². The second-order valence-corrected chi connectivity index (χ2v) is 5.21. The lowest BCUT2D eigenvalue weighted by Crippen LogP contribution is -2.12. The highest BCUT2D eigenvalue weighted by molar-refractivity contribution is 14.1. The Labute approximate surface area is 127 Å². The van der Waals surface area contributed by atoms with Crippen LogP contribution >= 0.6 is 22.6 Å². The number of hydrogen-bond donors (Lipinski definition) is 2. The zero-order valence-corrected chi connectivity index (χ0v) is 12.2. The van der Waals surface area contributed by atoms with Crippen LogP contribution in [0.3, 0.4) is 0 Å². The third kappa shape index (κ3) is 3.32.